The molecule has 0 saturated carbocycles. The monoisotopic (exact) mass is 282 g/mol. The van der Waals surface area contributed by atoms with Crippen LogP contribution in [0.4, 0.5) is 10.1 Å². The summed E-state index contributed by atoms with van der Waals surface area (Å²) in [7, 11) is 1.32. The fraction of sp³-hybridized carbons (Fsp3) is 0.429. The van der Waals surface area contributed by atoms with Crippen LogP contribution in [0.1, 0.15) is 13.3 Å². The van der Waals surface area contributed by atoms with Crippen LogP contribution in [0.2, 0.25) is 0 Å². The molecule has 0 atom stereocenters. The van der Waals surface area contributed by atoms with Crippen molar-refractivity contribution in [3.05, 3.63) is 30.1 Å². The normalized spacial score (nSPS) is 10.4. The number of halogens is 1. The summed E-state index contributed by atoms with van der Waals surface area (Å²) in [4.78, 5) is 24.7. The molecule has 0 aliphatic rings. The minimum absolute atomic E-state index is 0.139. The molecule has 0 aliphatic heterocycles. The highest BCUT2D eigenvalue weighted by atomic mass is 19.1. The molecule has 5 nitrogen and oxygen atoms in total. The summed E-state index contributed by atoms with van der Waals surface area (Å²) >= 11 is 0. The van der Waals surface area contributed by atoms with Crippen molar-refractivity contribution in [2.75, 3.05) is 32.1 Å². The second-order valence-corrected chi connectivity index (χ2v) is 4.22. The van der Waals surface area contributed by atoms with Crippen LogP contribution in [-0.4, -0.2) is 43.5 Å². The van der Waals surface area contributed by atoms with Gasteiger partial charge in [0.2, 0.25) is 5.91 Å². The summed E-state index contributed by atoms with van der Waals surface area (Å²) in [6.07, 6.45) is 0.180. The van der Waals surface area contributed by atoms with Crippen LogP contribution in [0.15, 0.2) is 24.3 Å². The van der Waals surface area contributed by atoms with Gasteiger partial charge in [0.1, 0.15) is 5.82 Å². The van der Waals surface area contributed by atoms with Crippen LogP contribution in [0.25, 0.3) is 0 Å². The molecule has 0 unspecified atom stereocenters. The van der Waals surface area contributed by atoms with Gasteiger partial charge < -0.3 is 10.1 Å². The van der Waals surface area contributed by atoms with E-state index in [2.05, 4.69) is 10.1 Å². The number of anilines is 1. The van der Waals surface area contributed by atoms with Crippen LogP contribution >= 0.6 is 0 Å². The Labute approximate surface area is 117 Å². The first kappa shape index (κ1) is 16.1. The third-order valence-corrected chi connectivity index (χ3v) is 2.83. The Morgan fingerprint density at radius 3 is 2.65 bits per heavy atom. The molecule has 0 saturated heterocycles. The predicted molar refractivity (Wildman–Crippen MR) is 73.8 cm³/mol. The second-order valence-electron chi connectivity index (χ2n) is 4.22. The number of ether oxygens (including phenoxy) is 1. The SMILES string of the molecule is CCN(CCC(=O)Nc1ccccc1F)CC(=O)OC. The summed E-state index contributed by atoms with van der Waals surface area (Å²) < 4.78 is 17.9. The summed E-state index contributed by atoms with van der Waals surface area (Å²) in [5.74, 6) is -1.11. The second kappa shape index (κ2) is 8.27. The van der Waals surface area contributed by atoms with Crippen molar-refractivity contribution >= 4 is 17.6 Å². The van der Waals surface area contributed by atoms with Gasteiger partial charge >= 0.3 is 5.97 Å². The number of carbonyl (C=O) groups is 2. The number of hydrogen-bond donors (Lipinski definition) is 1. The highest BCUT2D eigenvalue weighted by Crippen LogP contribution is 2.12. The largest absolute Gasteiger partial charge is 0.468 e. The molecule has 20 heavy (non-hydrogen) atoms. The van der Waals surface area contributed by atoms with Gasteiger partial charge in [-0.1, -0.05) is 19.1 Å². The highest BCUT2D eigenvalue weighted by molar-refractivity contribution is 5.90. The van der Waals surface area contributed by atoms with Crippen molar-refractivity contribution < 1.29 is 18.7 Å². The molecule has 0 bridgehead atoms. The van der Waals surface area contributed by atoms with Gasteiger partial charge in [-0.2, -0.15) is 0 Å². The number of esters is 1. The van der Waals surface area contributed by atoms with Crippen LogP contribution in [-0.2, 0) is 14.3 Å². The van der Waals surface area contributed by atoms with Crippen molar-refractivity contribution in [1.29, 1.82) is 0 Å². The van der Waals surface area contributed by atoms with E-state index in [4.69, 9.17) is 0 Å². The summed E-state index contributed by atoms with van der Waals surface area (Å²) in [6.45, 7) is 3.06. The van der Waals surface area contributed by atoms with E-state index in [1.807, 2.05) is 6.92 Å². The molecule has 1 amide bonds. The van der Waals surface area contributed by atoms with E-state index in [0.717, 1.165) is 0 Å². The molecule has 0 radical (unpaired) electrons. The first-order valence-corrected chi connectivity index (χ1v) is 6.40. The molecular formula is C14H19FN2O3. The molecule has 0 aliphatic carbocycles. The van der Waals surface area contributed by atoms with Crippen LogP contribution in [0.5, 0.6) is 0 Å². The van der Waals surface area contributed by atoms with E-state index in [1.165, 1.54) is 19.2 Å². The lowest BCUT2D eigenvalue weighted by Gasteiger charge is -2.18. The topological polar surface area (TPSA) is 58.6 Å². The fourth-order valence-electron chi connectivity index (χ4n) is 1.63. The number of amides is 1. The third kappa shape index (κ3) is 5.36. The lowest BCUT2D eigenvalue weighted by Crippen LogP contribution is -2.33. The average Bonchev–Trinajstić information content (AvgIpc) is 2.45. The zero-order valence-electron chi connectivity index (χ0n) is 11.7. The Hall–Kier alpha value is -1.95. The molecule has 0 heterocycles. The first-order chi connectivity index (χ1) is 9.56. The van der Waals surface area contributed by atoms with Crippen molar-refractivity contribution in [2.45, 2.75) is 13.3 Å². The Balaban J connectivity index is 2.42. The number of carbonyl (C=O) groups excluding carboxylic acids is 2. The van der Waals surface area contributed by atoms with Gasteiger partial charge in [0.05, 0.1) is 19.3 Å². The molecule has 1 aromatic carbocycles. The van der Waals surface area contributed by atoms with Gasteiger partial charge in [-0.05, 0) is 18.7 Å². The summed E-state index contributed by atoms with van der Waals surface area (Å²) in [5, 5.41) is 2.50. The average molecular weight is 282 g/mol. The van der Waals surface area contributed by atoms with E-state index in [1.54, 1.807) is 17.0 Å². The molecule has 1 rings (SSSR count). The van der Waals surface area contributed by atoms with Gasteiger partial charge in [-0.3, -0.25) is 14.5 Å². The third-order valence-electron chi connectivity index (χ3n) is 2.83. The molecule has 0 aromatic heterocycles. The molecular weight excluding hydrogens is 263 g/mol. The van der Waals surface area contributed by atoms with Crippen molar-refractivity contribution in [1.82, 2.24) is 4.90 Å². The highest BCUT2D eigenvalue weighted by Gasteiger charge is 2.12. The van der Waals surface area contributed by atoms with E-state index in [0.29, 0.717) is 13.1 Å². The zero-order valence-corrected chi connectivity index (χ0v) is 11.7. The zero-order chi connectivity index (χ0) is 15.0. The fourth-order valence-corrected chi connectivity index (χ4v) is 1.63. The Kier molecular flexibility index (Phi) is 6.66. The minimum Gasteiger partial charge on any atom is -0.468 e. The van der Waals surface area contributed by atoms with Crippen LogP contribution in [0, 0.1) is 5.82 Å². The molecule has 0 spiro atoms. The van der Waals surface area contributed by atoms with E-state index >= 15 is 0 Å². The maximum Gasteiger partial charge on any atom is 0.319 e. The Morgan fingerprint density at radius 2 is 2.05 bits per heavy atom. The minimum atomic E-state index is -0.470. The molecule has 1 aromatic rings. The van der Waals surface area contributed by atoms with Gasteiger partial charge in [0.15, 0.2) is 0 Å². The van der Waals surface area contributed by atoms with Crippen molar-refractivity contribution in [3.8, 4) is 0 Å². The standard InChI is InChI=1S/C14H19FN2O3/c1-3-17(10-14(19)20-2)9-8-13(18)16-12-7-5-4-6-11(12)15/h4-7H,3,8-10H2,1-2H3,(H,16,18). The molecule has 1 N–H and O–H groups in total. The number of hydrogen-bond acceptors (Lipinski definition) is 4. The Morgan fingerprint density at radius 1 is 1.35 bits per heavy atom. The van der Waals surface area contributed by atoms with Gasteiger partial charge in [-0.25, -0.2) is 4.39 Å². The first-order valence-electron chi connectivity index (χ1n) is 6.40. The number of para-hydroxylation sites is 1. The predicted octanol–water partition coefficient (Wildman–Crippen LogP) is 1.65. The summed E-state index contributed by atoms with van der Waals surface area (Å²) in [6, 6.07) is 5.99. The van der Waals surface area contributed by atoms with Crippen molar-refractivity contribution in [3.63, 3.8) is 0 Å². The van der Waals surface area contributed by atoms with E-state index < -0.39 is 5.82 Å². The van der Waals surface area contributed by atoms with Crippen LogP contribution in [0.3, 0.4) is 0 Å². The number of nitrogens with zero attached hydrogens (tertiary/aromatic N) is 1. The lowest BCUT2D eigenvalue weighted by atomic mass is 10.3. The number of likely N-dealkylation sites (N-methyl/N-ethyl adjacent to an activating group) is 1. The number of nitrogens with one attached hydrogen (secondary N) is 1. The Bertz CT molecular complexity index is 465. The van der Waals surface area contributed by atoms with Gasteiger partial charge in [0.25, 0.3) is 0 Å². The van der Waals surface area contributed by atoms with E-state index in [-0.39, 0.29) is 30.5 Å². The lowest BCUT2D eigenvalue weighted by molar-refractivity contribution is -0.142. The van der Waals surface area contributed by atoms with Gasteiger partial charge in [0, 0.05) is 13.0 Å². The molecule has 6 heteroatoms. The number of rotatable bonds is 7. The van der Waals surface area contributed by atoms with Gasteiger partial charge in [-0.15, -0.1) is 0 Å². The number of methoxy groups -OCH3 is 1. The van der Waals surface area contributed by atoms with Crippen LogP contribution < -0.4 is 5.32 Å². The van der Waals surface area contributed by atoms with E-state index in [9.17, 15) is 14.0 Å². The molecule has 0 fully saturated rings. The summed E-state index contributed by atoms with van der Waals surface area (Å²) in [5.41, 5.74) is 0.161. The quantitative estimate of drug-likeness (QED) is 0.773. The molecule has 110 valence electrons. The number of benzene rings is 1. The maximum atomic E-state index is 13.3. The smallest absolute Gasteiger partial charge is 0.319 e. The maximum absolute atomic E-state index is 13.3. The van der Waals surface area contributed by atoms with Crippen molar-refractivity contribution in [2.24, 2.45) is 0 Å².